The van der Waals surface area contributed by atoms with Crippen molar-refractivity contribution < 1.29 is 4.79 Å². The first-order valence-electron chi connectivity index (χ1n) is 10.5. The summed E-state index contributed by atoms with van der Waals surface area (Å²) >= 11 is 0. The Morgan fingerprint density at radius 1 is 0.935 bits per heavy atom. The fourth-order valence-electron chi connectivity index (χ4n) is 4.25. The molecule has 3 heterocycles. The molecule has 4 aromatic rings. The number of nitrogens with zero attached hydrogens (tertiary/aromatic N) is 4. The van der Waals surface area contributed by atoms with E-state index in [2.05, 4.69) is 10.3 Å². The summed E-state index contributed by atoms with van der Waals surface area (Å²) in [6, 6.07) is 21.9. The van der Waals surface area contributed by atoms with Gasteiger partial charge in [-0.25, -0.2) is 4.68 Å². The molecule has 1 aliphatic heterocycles. The number of amides is 1. The molecular formula is C25H21N5O. The highest BCUT2D eigenvalue weighted by Gasteiger charge is 2.43. The van der Waals surface area contributed by atoms with E-state index >= 15 is 0 Å². The summed E-state index contributed by atoms with van der Waals surface area (Å²) in [5.41, 5.74) is 5.28. The molecule has 6 nitrogen and oxygen atoms in total. The number of nitrogens with one attached hydrogen (secondary N) is 1. The molecule has 2 aliphatic rings. The maximum atomic E-state index is 13.5. The standard InChI is InChI=1S/C25H21N5O/c31-25-20-10-4-5-11-22(20)27-24(30(25)19-12-13-19)21-16-29(18-8-2-1-3-9-18)28-23(21)17-7-6-14-26-15-17/h1-11,14-16,19,24,27H,12-13H2. The molecule has 0 saturated heterocycles. The number of anilines is 1. The molecule has 31 heavy (non-hydrogen) atoms. The fourth-order valence-corrected chi connectivity index (χ4v) is 4.25. The van der Waals surface area contributed by atoms with Gasteiger partial charge < -0.3 is 10.2 Å². The first-order chi connectivity index (χ1) is 15.3. The van der Waals surface area contributed by atoms with Gasteiger partial charge in [-0.05, 0) is 49.2 Å². The Balaban J connectivity index is 1.53. The van der Waals surface area contributed by atoms with Gasteiger partial charge in [0, 0.05) is 41.4 Å². The molecule has 1 atom stereocenters. The second-order valence-corrected chi connectivity index (χ2v) is 7.99. The zero-order chi connectivity index (χ0) is 20.8. The van der Waals surface area contributed by atoms with Gasteiger partial charge in [0.2, 0.25) is 0 Å². The molecule has 6 rings (SSSR count). The molecule has 1 N–H and O–H groups in total. The normalized spacial score (nSPS) is 17.9. The zero-order valence-corrected chi connectivity index (χ0v) is 16.8. The van der Waals surface area contributed by atoms with E-state index in [1.807, 2.05) is 88.7 Å². The van der Waals surface area contributed by atoms with Gasteiger partial charge in [-0.2, -0.15) is 5.10 Å². The highest BCUT2D eigenvalue weighted by atomic mass is 16.2. The summed E-state index contributed by atoms with van der Waals surface area (Å²) in [5.74, 6) is 0.0754. The Morgan fingerprint density at radius 2 is 1.74 bits per heavy atom. The number of carbonyl (C=O) groups is 1. The number of benzene rings is 2. The predicted molar refractivity (Wildman–Crippen MR) is 119 cm³/mol. The smallest absolute Gasteiger partial charge is 0.258 e. The van der Waals surface area contributed by atoms with Crippen LogP contribution in [-0.2, 0) is 0 Å². The Bertz CT molecular complexity index is 1250. The van der Waals surface area contributed by atoms with Crippen molar-refractivity contribution in [2.45, 2.75) is 25.0 Å². The monoisotopic (exact) mass is 407 g/mol. The third-order valence-electron chi connectivity index (χ3n) is 5.90. The van der Waals surface area contributed by atoms with Crippen LogP contribution in [0.1, 0.15) is 34.9 Å². The van der Waals surface area contributed by atoms with E-state index < -0.39 is 0 Å². The van der Waals surface area contributed by atoms with E-state index in [1.165, 1.54) is 0 Å². The molecular weight excluding hydrogens is 386 g/mol. The largest absolute Gasteiger partial charge is 0.361 e. The van der Waals surface area contributed by atoms with Crippen molar-refractivity contribution in [3.63, 3.8) is 0 Å². The summed E-state index contributed by atoms with van der Waals surface area (Å²) in [6.07, 6.45) is 7.38. The number of para-hydroxylation sites is 2. The Hall–Kier alpha value is -3.93. The Morgan fingerprint density at radius 3 is 2.52 bits per heavy atom. The second kappa shape index (κ2) is 7.09. The highest BCUT2D eigenvalue weighted by molar-refractivity contribution is 6.02. The van der Waals surface area contributed by atoms with E-state index in [0.29, 0.717) is 0 Å². The number of aromatic nitrogens is 3. The van der Waals surface area contributed by atoms with Crippen molar-refractivity contribution in [2.24, 2.45) is 0 Å². The zero-order valence-electron chi connectivity index (χ0n) is 16.8. The fraction of sp³-hybridized carbons (Fsp3) is 0.160. The summed E-state index contributed by atoms with van der Waals surface area (Å²) in [4.78, 5) is 19.7. The summed E-state index contributed by atoms with van der Waals surface area (Å²) in [6.45, 7) is 0. The van der Waals surface area contributed by atoms with Crippen LogP contribution >= 0.6 is 0 Å². The molecule has 1 amide bonds. The number of fused-ring (bicyclic) bond motifs is 1. The number of rotatable bonds is 4. The van der Waals surface area contributed by atoms with Crippen molar-refractivity contribution in [1.29, 1.82) is 0 Å². The minimum absolute atomic E-state index is 0.0754. The van der Waals surface area contributed by atoms with Gasteiger partial charge in [0.05, 0.1) is 11.3 Å². The third kappa shape index (κ3) is 3.08. The number of hydrogen-bond acceptors (Lipinski definition) is 4. The van der Waals surface area contributed by atoms with E-state index in [4.69, 9.17) is 5.10 Å². The lowest BCUT2D eigenvalue weighted by Gasteiger charge is -2.38. The van der Waals surface area contributed by atoms with E-state index in [9.17, 15) is 4.79 Å². The van der Waals surface area contributed by atoms with Gasteiger partial charge in [-0.1, -0.05) is 30.3 Å². The lowest BCUT2D eigenvalue weighted by Crippen LogP contribution is -2.44. The maximum absolute atomic E-state index is 13.5. The van der Waals surface area contributed by atoms with Crippen LogP contribution in [-0.4, -0.2) is 31.6 Å². The van der Waals surface area contributed by atoms with Crippen molar-refractivity contribution in [1.82, 2.24) is 19.7 Å². The lowest BCUT2D eigenvalue weighted by atomic mass is 10.0. The van der Waals surface area contributed by atoms with E-state index in [1.54, 1.807) is 6.20 Å². The van der Waals surface area contributed by atoms with Gasteiger partial charge in [0.15, 0.2) is 0 Å². The molecule has 152 valence electrons. The van der Waals surface area contributed by atoms with Crippen LogP contribution in [0.5, 0.6) is 0 Å². The number of pyridine rings is 1. The van der Waals surface area contributed by atoms with Crippen LogP contribution in [0.15, 0.2) is 85.3 Å². The molecule has 1 saturated carbocycles. The quantitative estimate of drug-likeness (QED) is 0.534. The van der Waals surface area contributed by atoms with Crippen LogP contribution in [0.25, 0.3) is 16.9 Å². The Labute approximate surface area is 180 Å². The Kier molecular flexibility index (Phi) is 4.09. The van der Waals surface area contributed by atoms with E-state index in [-0.39, 0.29) is 18.1 Å². The van der Waals surface area contributed by atoms with Crippen molar-refractivity contribution >= 4 is 11.6 Å². The third-order valence-corrected chi connectivity index (χ3v) is 5.90. The number of carbonyl (C=O) groups excluding carboxylic acids is 1. The molecule has 1 unspecified atom stereocenters. The summed E-state index contributed by atoms with van der Waals surface area (Å²) in [7, 11) is 0. The topological polar surface area (TPSA) is 63.1 Å². The van der Waals surface area contributed by atoms with Gasteiger partial charge in [0.1, 0.15) is 11.9 Å². The molecule has 2 aromatic carbocycles. The maximum Gasteiger partial charge on any atom is 0.258 e. The minimum atomic E-state index is -0.289. The van der Waals surface area contributed by atoms with Crippen LogP contribution in [0.3, 0.4) is 0 Å². The molecule has 1 aliphatic carbocycles. The number of hydrogen-bond donors (Lipinski definition) is 1. The molecule has 0 radical (unpaired) electrons. The van der Waals surface area contributed by atoms with Crippen molar-refractivity contribution in [3.8, 4) is 16.9 Å². The highest BCUT2D eigenvalue weighted by Crippen LogP contribution is 2.43. The molecule has 0 spiro atoms. The molecule has 1 fully saturated rings. The first kappa shape index (κ1) is 17.9. The van der Waals surface area contributed by atoms with Gasteiger partial charge in [-0.15, -0.1) is 0 Å². The predicted octanol–water partition coefficient (Wildman–Crippen LogP) is 4.66. The van der Waals surface area contributed by atoms with Crippen LogP contribution in [0, 0.1) is 0 Å². The van der Waals surface area contributed by atoms with Crippen LogP contribution in [0.2, 0.25) is 0 Å². The first-order valence-corrected chi connectivity index (χ1v) is 10.5. The lowest BCUT2D eigenvalue weighted by molar-refractivity contribution is 0.0667. The summed E-state index contributed by atoms with van der Waals surface area (Å²) in [5, 5.41) is 8.54. The van der Waals surface area contributed by atoms with Gasteiger partial charge >= 0.3 is 0 Å². The molecule has 0 bridgehead atoms. The van der Waals surface area contributed by atoms with Gasteiger partial charge in [0.25, 0.3) is 5.91 Å². The second-order valence-electron chi connectivity index (χ2n) is 7.99. The molecule has 6 heteroatoms. The SMILES string of the molecule is O=C1c2ccccc2NC(c2cn(-c3ccccc3)nc2-c2cccnc2)N1C1CC1. The minimum Gasteiger partial charge on any atom is -0.361 e. The van der Waals surface area contributed by atoms with Crippen LogP contribution < -0.4 is 5.32 Å². The van der Waals surface area contributed by atoms with Crippen LogP contribution in [0.4, 0.5) is 5.69 Å². The molecule has 2 aromatic heterocycles. The average molecular weight is 407 g/mol. The average Bonchev–Trinajstić information content (AvgIpc) is 3.57. The summed E-state index contributed by atoms with van der Waals surface area (Å²) < 4.78 is 1.88. The van der Waals surface area contributed by atoms with Gasteiger partial charge in [-0.3, -0.25) is 9.78 Å². The van der Waals surface area contributed by atoms with E-state index in [0.717, 1.165) is 46.6 Å². The van der Waals surface area contributed by atoms with Crippen molar-refractivity contribution in [3.05, 3.63) is 96.4 Å². The van der Waals surface area contributed by atoms with Crippen molar-refractivity contribution in [2.75, 3.05) is 5.32 Å².